The van der Waals surface area contributed by atoms with Gasteiger partial charge >= 0.3 is 0 Å². The Bertz CT molecular complexity index is 583. The molecule has 0 bridgehead atoms. The standard InChI is InChI=1S/C19H28O3/c1-18(2,3)11-8-15(21)17-13-10-12(20)6-7-14(13)19(4,5)22-16(17)9-11/h8-9,12-14,20-21H,6-7,10H2,1-5H3/t12?,13-,14-/m1/s1. The van der Waals surface area contributed by atoms with E-state index in [0.717, 1.165) is 29.7 Å². The minimum Gasteiger partial charge on any atom is -0.508 e. The number of benzene rings is 1. The first-order chi connectivity index (χ1) is 10.1. The molecule has 1 fully saturated rings. The van der Waals surface area contributed by atoms with Crippen LogP contribution in [0.15, 0.2) is 12.1 Å². The SMILES string of the molecule is CC(C)(C)c1cc(O)c2c(c1)OC(C)(C)[C@@H]1CCC(O)C[C@@H]21. The Morgan fingerprint density at radius 3 is 2.50 bits per heavy atom. The quantitative estimate of drug-likeness (QED) is 0.758. The van der Waals surface area contributed by atoms with Gasteiger partial charge in [0.05, 0.1) is 6.10 Å². The average molecular weight is 304 g/mol. The van der Waals surface area contributed by atoms with E-state index in [4.69, 9.17) is 4.74 Å². The van der Waals surface area contributed by atoms with Gasteiger partial charge in [0.15, 0.2) is 0 Å². The Kier molecular flexibility index (Phi) is 3.48. The Balaban J connectivity index is 2.13. The predicted molar refractivity (Wildman–Crippen MR) is 87.6 cm³/mol. The molecule has 0 saturated heterocycles. The van der Waals surface area contributed by atoms with Crippen molar-refractivity contribution >= 4 is 0 Å². The smallest absolute Gasteiger partial charge is 0.127 e. The predicted octanol–water partition coefficient (Wildman–Crippen LogP) is 4.11. The molecule has 1 saturated carbocycles. The highest BCUT2D eigenvalue weighted by molar-refractivity contribution is 5.53. The molecule has 1 aliphatic heterocycles. The van der Waals surface area contributed by atoms with Gasteiger partial charge < -0.3 is 14.9 Å². The third kappa shape index (κ3) is 2.50. The molecule has 3 atom stereocenters. The van der Waals surface area contributed by atoms with Crippen molar-refractivity contribution in [3.8, 4) is 11.5 Å². The van der Waals surface area contributed by atoms with Crippen molar-refractivity contribution < 1.29 is 14.9 Å². The summed E-state index contributed by atoms with van der Waals surface area (Å²) in [5, 5.41) is 20.7. The molecule has 1 aliphatic carbocycles. The fraction of sp³-hybridized carbons (Fsp3) is 0.684. The summed E-state index contributed by atoms with van der Waals surface area (Å²) in [6, 6.07) is 3.95. The van der Waals surface area contributed by atoms with Crippen molar-refractivity contribution in [2.45, 2.75) is 76.9 Å². The van der Waals surface area contributed by atoms with E-state index in [1.54, 1.807) is 0 Å². The first-order valence-electron chi connectivity index (χ1n) is 8.34. The van der Waals surface area contributed by atoms with Gasteiger partial charge in [-0.25, -0.2) is 0 Å². The molecule has 1 aromatic rings. The molecule has 1 unspecified atom stereocenters. The van der Waals surface area contributed by atoms with Gasteiger partial charge in [-0.2, -0.15) is 0 Å². The maximum atomic E-state index is 10.6. The van der Waals surface area contributed by atoms with E-state index < -0.39 is 0 Å². The van der Waals surface area contributed by atoms with Crippen molar-refractivity contribution in [2.24, 2.45) is 5.92 Å². The highest BCUT2D eigenvalue weighted by Gasteiger charge is 2.47. The van der Waals surface area contributed by atoms with Gasteiger partial charge in [0.1, 0.15) is 17.1 Å². The first-order valence-corrected chi connectivity index (χ1v) is 8.34. The number of aliphatic hydroxyl groups is 1. The van der Waals surface area contributed by atoms with Crippen LogP contribution in [0.3, 0.4) is 0 Å². The van der Waals surface area contributed by atoms with Crippen LogP contribution in [0.25, 0.3) is 0 Å². The molecule has 22 heavy (non-hydrogen) atoms. The first kappa shape index (κ1) is 15.7. The van der Waals surface area contributed by atoms with Gasteiger partial charge in [0.25, 0.3) is 0 Å². The summed E-state index contributed by atoms with van der Waals surface area (Å²) >= 11 is 0. The summed E-state index contributed by atoms with van der Waals surface area (Å²) in [5.41, 5.74) is 1.68. The van der Waals surface area contributed by atoms with E-state index >= 15 is 0 Å². The number of ether oxygens (including phenoxy) is 1. The highest BCUT2D eigenvalue weighted by atomic mass is 16.5. The van der Waals surface area contributed by atoms with Crippen LogP contribution in [0.5, 0.6) is 11.5 Å². The lowest BCUT2D eigenvalue weighted by atomic mass is 9.65. The minimum atomic E-state index is -0.273. The topological polar surface area (TPSA) is 49.7 Å². The summed E-state index contributed by atoms with van der Waals surface area (Å²) in [6.07, 6.45) is 2.21. The van der Waals surface area contributed by atoms with E-state index in [1.807, 2.05) is 6.07 Å². The van der Waals surface area contributed by atoms with Crippen LogP contribution in [0.4, 0.5) is 0 Å². The molecule has 0 amide bonds. The van der Waals surface area contributed by atoms with Crippen LogP contribution < -0.4 is 4.74 Å². The van der Waals surface area contributed by atoms with Gasteiger partial charge in [0, 0.05) is 17.4 Å². The lowest BCUT2D eigenvalue weighted by molar-refractivity contribution is -0.0317. The molecule has 1 aromatic carbocycles. The maximum Gasteiger partial charge on any atom is 0.127 e. The van der Waals surface area contributed by atoms with Crippen LogP contribution in [0, 0.1) is 5.92 Å². The van der Waals surface area contributed by atoms with E-state index in [-0.39, 0.29) is 23.0 Å². The zero-order valence-electron chi connectivity index (χ0n) is 14.3. The van der Waals surface area contributed by atoms with E-state index in [9.17, 15) is 10.2 Å². The summed E-state index contributed by atoms with van der Waals surface area (Å²) in [6.45, 7) is 10.7. The average Bonchev–Trinajstić information content (AvgIpc) is 2.35. The summed E-state index contributed by atoms with van der Waals surface area (Å²) in [5.74, 6) is 1.64. The van der Waals surface area contributed by atoms with Crippen molar-refractivity contribution in [3.63, 3.8) is 0 Å². The molecular formula is C19H28O3. The zero-order chi connectivity index (χ0) is 16.3. The molecule has 0 radical (unpaired) electrons. The van der Waals surface area contributed by atoms with E-state index in [2.05, 4.69) is 40.7 Å². The second kappa shape index (κ2) is 4.89. The molecule has 2 aliphatic rings. The molecule has 3 heteroatoms. The molecule has 1 heterocycles. The molecule has 3 rings (SSSR count). The van der Waals surface area contributed by atoms with Crippen molar-refractivity contribution in [1.82, 2.24) is 0 Å². The van der Waals surface area contributed by atoms with Crippen LogP contribution in [-0.4, -0.2) is 21.9 Å². The van der Waals surface area contributed by atoms with Gasteiger partial charge in [-0.1, -0.05) is 20.8 Å². The maximum absolute atomic E-state index is 10.6. The third-order valence-electron chi connectivity index (χ3n) is 5.45. The van der Waals surface area contributed by atoms with Crippen LogP contribution >= 0.6 is 0 Å². The fourth-order valence-corrected chi connectivity index (χ4v) is 4.16. The number of phenolic OH excluding ortho intramolecular Hbond substituents is 1. The second-order valence-corrected chi connectivity index (χ2v) is 8.54. The zero-order valence-corrected chi connectivity index (χ0v) is 14.3. The second-order valence-electron chi connectivity index (χ2n) is 8.54. The van der Waals surface area contributed by atoms with E-state index in [1.165, 1.54) is 0 Å². The normalized spacial score (nSPS) is 30.2. The largest absolute Gasteiger partial charge is 0.508 e. The van der Waals surface area contributed by atoms with Gasteiger partial charge in [-0.3, -0.25) is 0 Å². The number of hydrogen-bond donors (Lipinski definition) is 2. The number of fused-ring (bicyclic) bond motifs is 3. The summed E-state index contributed by atoms with van der Waals surface area (Å²) < 4.78 is 6.30. The molecular weight excluding hydrogens is 276 g/mol. The highest BCUT2D eigenvalue weighted by Crippen LogP contribution is 2.54. The molecule has 0 aromatic heterocycles. The van der Waals surface area contributed by atoms with Crippen LogP contribution in [0.2, 0.25) is 0 Å². The number of aromatic hydroxyl groups is 1. The Morgan fingerprint density at radius 1 is 1.18 bits per heavy atom. The monoisotopic (exact) mass is 304 g/mol. The van der Waals surface area contributed by atoms with Crippen molar-refractivity contribution in [3.05, 3.63) is 23.3 Å². The number of phenols is 1. The fourth-order valence-electron chi connectivity index (χ4n) is 4.16. The lowest BCUT2D eigenvalue weighted by Gasteiger charge is -2.48. The van der Waals surface area contributed by atoms with Crippen molar-refractivity contribution in [2.75, 3.05) is 0 Å². The Hall–Kier alpha value is -1.22. The number of rotatable bonds is 0. The van der Waals surface area contributed by atoms with Crippen LogP contribution in [0.1, 0.15) is 70.9 Å². The lowest BCUT2D eigenvalue weighted by Crippen LogP contribution is -2.47. The summed E-state index contributed by atoms with van der Waals surface area (Å²) in [4.78, 5) is 0. The minimum absolute atomic E-state index is 0.0387. The van der Waals surface area contributed by atoms with E-state index in [0.29, 0.717) is 18.1 Å². The van der Waals surface area contributed by atoms with Gasteiger partial charge in [0.2, 0.25) is 0 Å². The number of hydrogen-bond acceptors (Lipinski definition) is 3. The summed E-state index contributed by atoms with van der Waals surface area (Å²) in [7, 11) is 0. The third-order valence-corrected chi connectivity index (χ3v) is 5.45. The molecule has 0 spiro atoms. The molecule has 122 valence electrons. The molecule has 3 nitrogen and oxygen atoms in total. The van der Waals surface area contributed by atoms with Gasteiger partial charge in [-0.05, 0) is 56.2 Å². The van der Waals surface area contributed by atoms with Gasteiger partial charge in [-0.15, -0.1) is 0 Å². The Morgan fingerprint density at radius 2 is 1.86 bits per heavy atom. The van der Waals surface area contributed by atoms with Crippen molar-refractivity contribution in [1.29, 1.82) is 0 Å². The Labute approximate surface area is 133 Å². The molecule has 2 N–H and O–H groups in total. The van der Waals surface area contributed by atoms with Crippen LogP contribution in [-0.2, 0) is 5.41 Å². The number of aliphatic hydroxyl groups excluding tert-OH is 1.